The Bertz CT molecular complexity index is 1030. The molecule has 0 bridgehead atoms. The number of hydrogen-bond acceptors (Lipinski definition) is 7. The summed E-state index contributed by atoms with van der Waals surface area (Å²) in [5.41, 5.74) is 1.93. The summed E-state index contributed by atoms with van der Waals surface area (Å²) in [6, 6.07) is 8.09. The molecule has 0 saturated heterocycles. The highest BCUT2D eigenvalue weighted by Crippen LogP contribution is 2.48. The average molecular weight is 389 g/mol. The lowest BCUT2D eigenvalue weighted by Gasteiger charge is -2.12. The molecule has 1 heterocycles. The second-order valence-corrected chi connectivity index (χ2v) is 8.49. The Hall–Kier alpha value is -2.90. The van der Waals surface area contributed by atoms with E-state index in [-0.39, 0.29) is 11.7 Å². The average Bonchev–Trinajstić information content (AvgIpc) is 3.27. The van der Waals surface area contributed by atoms with Gasteiger partial charge in [-0.2, -0.15) is 23.0 Å². The van der Waals surface area contributed by atoms with Crippen molar-refractivity contribution in [1.82, 2.24) is 14.0 Å². The Morgan fingerprint density at radius 3 is 2.67 bits per heavy atom. The van der Waals surface area contributed by atoms with E-state index in [1.54, 1.807) is 0 Å². The first-order valence-corrected chi connectivity index (χ1v) is 9.60. The minimum Gasteiger partial charge on any atom is -0.431 e. The van der Waals surface area contributed by atoms with Crippen LogP contribution in [0.3, 0.4) is 0 Å². The van der Waals surface area contributed by atoms with Crippen LogP contribution in [0.25, 0.3) is 0 Å². The van der Waals surface area contributed by atoms with E-state index in [9.17, 15) is 18.5 Å². The van der Waals surface area contributed by atoms with E-state index in [4.69, 9.17) is 4.42 Å². The third kappa shape index (κ3) is 3.79. The molecule has 142 valence electrons. The van der Waals surface area contributed by atoms with Crippen LogP contribution >= 0.6 is 0 Å². The first-order valence-electron chi connectivity index (χ1n) is 8.16. The molecule has 2 aromatic rings. The summed E-state index contributed by atoms with van der Waals surface area (Å²) in [5, 5.41) is 12.3. The van der Waals surface area contributed by atoms with Gasteiger partial charge in [-0.1, -0.05) is 12.1 Å². The van der Waals surface area contributed by atoms with Crippen LogP contribution in [0, 0.1) is 18.3 Å². The number of nitrogens with one attached hydrogen (secondary N) is 2. The molecule has 27 heavy (non-hydrogen) atoms. The topological polar surface area (TPSA) is 128 Å². The van der Waals surface area contributed by atoms with Crippen molar-refractivity contribution < 1.29 is 17.6 Å². The van der Waals surface area contributed by atoms with Gasteiger partial charge < -0.3 is 9.73 Å². The molecule has 1 amide bonds. The summed E-state index contributed by atoms with van der Waals surface area (Å²) < 4.78 is 31.4. The zero-order valence-corrected chi connectivity index (χ0v) is 15.9. The molecular weight excluding hydrogens is 370 g/mol. The first kappa shape index (κ1) is 18.9. The Balaban J connectivity index is 1.78. The van der Waals surface area contributed by atoms with Gasteiger partial charge in [0.15, 0.2) is 5.69 Å². The number of aryl methyl sites for hydroxylation is 1. The summed E-state index contributed by atoms with van der Waals surface area (Å²) >= 11 is 0. The van der Waals surface area contributed by atoms with Gasteiger partial charge in [0.2, 0.25) is 0 Å². The summed E-state index contributed by atoms with van der Waals surface area (Å²) in [6.45, 7) is 1.89. The maximum Gasteiger partial charge on any atom is 0.303 e. The van der Waals surface area contributed by atoms with Gasteiger partial charge in [0.1, 0.15) is 6.26 Å². The lowest BCUT2D eigenvalue weighted by Crippen LogP contribution is -2.39. The quantitative estimate of drug-likeness (QED) is 0.771. The number of nitrogens with zero attached hydrogens (tertiary/aromatic N) is 3. The zero-order chi connectivity index (χ0) is 19.8. The van der Waals surface area contributed by atoms with Crippen molar-refractivity contribution in [3.8, 4) is 6.07 Å². The standard InChI is InChI=1S/C17H19N5O4S/c1-11-4-5-12(17(10-18)6-7-17)8-13(11)19-16-20-14(9-26-16)15(23)21-27(24,25)22(2)3/h4-5,8-9H,6-7H2,1-3H3,(H,19,20)(H,21,23). The van der Waals surface area contributed by atoms with Gasteiger partial charge in [0.25, 0.3) is 11.9 Å². The first-order chi connectivity index (χ1) is 12.7. The minimum atomic E-state index is -3.92. The third-order valence-corrected chi connectivity index (χ3v) is 5.84. The number of nitriles is 1. The zero-order valence-electron chi connectivity index (χ0n) is 15.1. The number of amides is 1. The summed E-state index contributed by atoms with van der Waals surface area (Å²) in [6.07, 6.45) is 2.73. The second kappa shape index (κ2) is 6.68. The minimum absolute atomic E-state index is 0.0458. The number of benzene rings is 1. The number of hydrogen-bond donors (Lipinski definition) is 2. The summed E-state index contributed by atoms with van der Waals surface area (Å²) in [7, 11) is -1.32. The van der Waals surface area contributed by atoms with Crippen LogP contribution in [-0.2, 0) is 15.6 Å². The third-order valence-electron chi connectivity index (χ3n) is 4.43. The molecule has 3 rings (SSSR count). The van der Waals surface area contributed by atoms with E-state index in [1.807, 2.05) is 29.8 Å². The van der Waals surface area contributed by atoms with Gasteiger partial charge in [-0.05, 0) is 37.0 Å². The van der Waals surface area contributed by atoms with Gasteiger partial charge in [0.05, 0.1) is 11.5 Å². The SMILES string of the molecule is Cc1ccc(C2(C#N)CC2)cc1Nc1nc(C(=O)NS(=O)(=O)N(C)C)co1. The lowest BCUT2D eigenvalue weighted by atomic mass is 9.96. The van der Waals surface area contributed by atoms with E-state index in [0.717, 1.165) is 34.5 Å². The summed E-state index contributed by atoms with van der Waals surface area (Å²) in [5.74, 6) is -0.896. The second-order valence-electron chi connectivity index (χ2n) is 6.61. The van der Waals surface area contributed by atoms with Gasteiger partial charge in [0, 0.05) is 19.8 Å². The van der Waals surface area contributed by atoms with Crippen molar-refractivity contribution in [3.63, 3.8) is 0 Å². The van der Waals surface area contributed by atoms with E-state index < -0.39 is 21.5 Å². The number of carbonyl (C=O) groups excluding carboxylic acids is 1. The number of carbonyl (C=O) groups is 1. The van der Waals surface area contributed by atoms with E-state index in [1.165, 1.54) is 14.1 Å². The summed E-state index contributed by atoms with van der Waals surface area (Å²) in [4.78, 5) is 16.0. The van der Waals surface area contributed by atoms with Crippen molar-refractivity contribution >= 4 is 27.8 Å². The normalized spacial score (nSPS) is 15.2. The van der Waals surface area contributed by atoms with Gasteiger partial charge in [-0.3, -0.25) is 4.79 Å². The Morgan fingerprint density at radius 1 is 1.37 bits per heavy atom. The highest BCUT2D eigenvalue weighted by Gasteiger charge is 2.45. The Morgan fingerprint density at radius 2 is 2.07 bits per heavy atom. The van der Waals surface area contributed by atoms with E-state index >= 15 is 0 Å². The Kier molecular flexibility index (Phi) is 4.67. The highest BCUT2D eigenvalue weighted by molar-refractivity contribution is 7.87. The molecule has 0 radical (unpaired) electrons. The van der Waals surface area contributed by atoms with Crippen LogP contribution in [-0.4, -0.2) is 37.7 Å². The largest absolute Gasteiger partial charge is 0.431 e. The maximum atomic E-state index is 12.0. The van der Waals surface area contributed by atoms with E-state index in [0.29, 0.717) is 5.69 Å². The molecule has 0 aliphatic heterocycles. The number of oxazole rings is 1. The molecular formula is C17H19N5O4S. The molecule has 0 spiro atoms. The van der Waals surface area contributed by atoms with Crippen LogP contribution in [0.1, 0.15) is 34.5 Å². The molecule has 1 fully saturated rings. The van der Waals surface area contributed by atoms with Crippen molar-refractivity contribution in [2.24, 2.45) is 0 Å². The predicted octanol–water partition coefficient (Wildman–Crippen LogP) is 1.82. The van der Waals surface area contributed by atoms with Crippen molar-refractivity contribution in [2.45, 2.75) is 25.2 Å². The molecule has 0 atom stereocenters. The predicted molar refractivity (Wildman–Crippen MR) is 97.6 cm³/mol. The molecule has 9 nitrogen and oxygen atoms in total. The van der Waals surface area contributed by atoms with Crippen molar-refractivity contribution in [1.29, 1.82) is 5.26 Å². The smallest absolute Gasteiger partial charge is 0.303 e. The van der Waals surface area contributed by atoms with Gasteiger partial charge in [-0.15, -0.1) is 0 Å². The Labute approximate surface area is 157 Å². The van der Waals surface area contributed by atoms with Gasteiger partial charge in [-0.25, -0.2) is 4.72 Å². The molecule has 0 unspecified atom stereocenters. The molecule has 1 aromatic heterocycles. The molecule has 2 N–H and O–H groups in total. The van der Waals surface area contributed by atoms with Crippen LogP contribution in [0.5, 0.6) is 0 Å². The monoisotopic (exact) mass is 389 g/mol. The molecule has 10 heteroatoms. The number of rotatable bonds is 6. The highest BCUT2D eigenvalue weighted by atomic mass is 32.2. The number of anilines is 2. The van der Waals surface area contributed by atoms with E-state index in [2.05, 4.69) is 16.4 Å². The van der Waals surface area contributed by atoms with Crippen molar-refractivity contribution in [3.05, 3.63) is 41.3 Å². The fourth-order valence-corrected chi connectivity index (χ4v) is 2.98. The molecule has 1 aliphatic carbocycles. The lowest BCUT2D eigenvalue weighted by molar-refractivity contribution is 0.0975. The van der Waals surface area contributed by atoms with Crippen LogP contribution in [0.4, 0.5) is 11.7 Å². The molecule has 1 saturated carbocycles. The van der Waals surface area contributed by atoms with Crippen LogP contribution < -0.4 is 10.0 Å². The molecule has 1 aromatic carbocycles. The fourth-order valence-electron chi connectivity index (χ4n) is 2.46. The fraction of sp³-hybridized carbons (Fsp3) is 0.353. The van der Waals surface area contributed by atoms with Crippen LogP contribution in [0.2, 0.25) is 0 Å². The van der Waals surface area contributed by atoms with Gasteiger partial charge >= 0.3 is 10.2 Å². The maximum absolute atomic E-state index is 12.0. The van der Waals surface area contributed by atoms with Crippen LogP contribution in [0.15, 0.2) is 28.9 Å². The molecule has 1 aliphatic rings. The number of aromatic nitrogens is 1. The van der Waals surface area contributed by atoms with Crippen molar-refractivity contribution in [2.75, 3.05) is 19.4 Å².